The first-order valence-electron chi connectivity index (χ1n) is 10.5. The molecule has 0 aliphatic heterocycles. The summed E-state index contributed by atoms with van der Waals surface area (Å²) in [4.78, 5) is 29.2. The average molecular weight is 595 g/mol. The fourth-order valence-corrected chi connectivity index (χ4v) is 4.10. The Morgan fingerprint density at radius 3 is 2.57 bits per heavy atom. The number of benzene rings is 3. The van der Waals surface area contributed by atoms with Crippen LogP contribution in [0.15, 0.2) is 69.0 Å². The normalized spacial score (nSPS) is 11.8. The van der Waals surface area contributed by atoms with Crippen LogP contribution in [0.3, 0.4) is 0 Å². The second kappa shape index (κ2) is 10.3. The predicted octanol–water partition coefficient (Wildman–Crippen LogP) is 6.31. The lowest BCUT2D eigenvalue weighted by Gasteiger charge is -2.14. The van der Waals surface area contributed by atoms with Gasteiger partial charge < -0.3 is 9.47 Å². The molecule has 0 spiro atoms. The van der Waals surface area contributed by atoms with E-state index in [-0.39, 0.29) is 37.8 Å². The number of carbonyl (C=O) groups excluding carboxylic acids is 1. The first-order chi connectivity index (χ1) is 17.5. The van der Waals surface area contributed by atoms with E-state index in [1.165, 1.54) is 44.5 Å². The number of rotatable bonds is 5. The molecular formula is C25H16BrClF3N3O4. The summed E-state index contributed by atoms with van der Waals surface area (Å²) in [5.41, 5.74) is -0.839. The maximum Gasteiger partial charge on any atom is 0.416 e. The molecule has 0 amide bonds. The van der Waals surface area contributed by atoms with Crippen molar-refractivity contribution in [2.24, 2.45) is 5.10 Å². The minimum atomic E-state index is -4.59. The molecule has 0 saturated heterocycles. The van der Waals surface area contributed by atoms with Crippen LogP contribution in [0, 0.1) is 0 Å². The van der Waals surface area contributed by atoms with Crippen LogP contribution < -0.4 is 15.0 Å². The first-order valence-corrected chi connectivity index (χ1v) is 11.7. The van der Waals surface area contributed by atoms with Crippen molar-refractivity contribution in [3.63, 3.8) is 0 Å². The molecule has 1 aromatic heterocycles. The van der Waals surface area contributed by atoms with Crippen LogP contribution >= 0.6 is 27.5 Å². The van der Waals surface area contributed by atoms with Crippen LogP contribution in [0.25, 0.3) is 22.3 Å². The maximum atomic E-state index is 13.4. The molecule has 0 bridgehead atoms. The van der Waals surface area contributed by atoms with Crippen molar-refractivity contribution in [2.75, 3.05) is 7.11 Å². The summed E-state index contributed by atoms with van der Waals surface area (Å²) in [6.45, 7) is 1.20. The molecule has 0 atom stereocenters. The third-order valence-electron chi connectivity index (χ3n) is 5.14. The molecule has 0 aliphatic rings. The Bertz CT molecular complexity index is 1620. The van der Waals surface area contributed by atoms with E-state index >= 15 is 0 Å². The number of aromatic nitrogens is 2. The number of nitrogens with zero attached hydrogens (tertiary/aromatic N) is 3. The molecule has 7 nitrogen and oxygen atoms in total. The van der Waals surface area contributed by atoms with E-state index in [0.717, 1.165) is 16.8 Å². The number of esters is 1. The molecule has 0 N–H and O–H groups in total. The zero-order valence-electron chi connectivity index (χ0n) is 19.1. The summed E-state index contributed by atoms with van der Waals surface area (Å²) in [6, 6.07) is 12.3. The average Bonchev–Trinajstić information content (AvgIpc) is 2.86. The number of para-hydroxylation sites is 1. The Kier molecular flexibility index (Phi) is 7.37. The van der Waals surface area contributed by atoms with Gasteiger partial charge in [-0.15, -0.1) is 0 Å². The molecule has 0 saturated carbocycles. The van der Waals surface area contributed by atoms with E-state index < -0.39 is 23.3 Å². The Labute approximate surface area is 221 Å². The first kappa shape index (κ1) is 26.4. The number of carbonyl (C=O) groups is 1. The highest BCUT2D eigenvalue weighted by Gasteiger charge is 2.31. The zero-order valence-corrected chi connectivity index (χ0v) is 21.5. The molecule has 1 heterocycles. The number of fused-ring (bicyclic) bond motifs is 1. The fraction of sp³-hybridized carbons (Fsp3) is 0.120. The van der Waals surface area contributed by atoms with Crippen molar-refractivity contribution in [3.05, 3.63) is 85.6 Å². The summed E-state index contributed by atoms with van der Waals surface area (Å²) in [5.74, 6) is -0.619. The van der Waals surface area contributed by atoms with E-state index in [1.54, 1.807) is 18.2 Å². The maximum absolute atomic E-state index is 13.4. The molecule has 3 aromatic carbocycles. The monoisotopic (exact) mass is 593 g/mol. The van der Waals surface area contributed by atoms with Crippen LogP contribution in [0.2, 0.25) is 5.02 Å². The molecule has 4 aromatic rings. The highest BCUT2D eigenvalue weighted by Crippen LogP contribution is 2.42. The van der Waals surface area contributed by atoms with Crippen LogP contribution in [0.5, 0.6) is 11.5 Å². The number of methoxy groups -OCH3 is 1. The summed E-state index contributed by atoms with van der Waals surface area (Å²) >= 11 is 9.66. The van der Waals surface area contributed by atoms with Gasteiger partial charge in [-0.25, -0.2) is 4.98 Å². The van der Waals surface area contributed by atoms with Gasteiger partial charge in [0.25, 0.3) is 5.56 Å². The van der Waals surface area contributed by atoms with Gasteiger partial charge in [0, 0.05) is 22.5 Å². The van der Waals surface area contributed by atoms with Gasteiger partial charge in [0.05, 0.1) is 29.8 Å². The van der Waals surface area contributed by atoms with Gasteiger partial charge in [-0.2, -0.15) is 22.9 Å². The molecule has 37 heavy (non-hydrogen) atoms. The van der Waals surface area contributed by atoms with Gasteiger partial charge in [0.1, 0.15) is 5.02 Å². The SMILES string of the molecule is COc1cc(C=Nn2c(-c3cccc(C(F)(F)F)c3)nc3ccccc3c2=O)c(Br)c(Cl)c1OC(C)=O. The highest BCUT2D eigenvalue weighted by molar-refractivity contribution is 9.10. The van der Waals surface area contributed by atoms with Gasteiger partial charge in [0.2, 0.25) is 0 Å². The molecule has 0 unspecified atom stereocenters. The molecular weight excluding hydrogens is 579 g/mol. The molecule has 4 rings (SSSR count). The van der Waals surface area contributed by atoms with Gasteiger partial charge in [0.15, 0.2) is 17.3 Å². The largest absolute Gasteiger partial charge is 0.493 e. The molecule has 0 aliphatic carbocycles. The van der Waals surface area contributed by atoms with Crippen molar-refractivity contribution < 1.29 is 27.4 Å². The molecule has 12 heteroatoms. The van der Waals surface area contributed by atoms with Crippen molar-refractivity contribution >= 4 is 50.6 Å². The quantitative estimate of drug-likeness (QED) is 0.154. The lowest BCUT2D eigenvalue weighted by atomic mass is 10.1. The predicted molar refractivity (Wildman–Crippen MR) is 136 cm³/mol. The summed E-state index contributed by atoms with van der Waals surface area (Å²) in [7, 11) is 1.34. The van der Waals surface area contributed by atoms with Crippen LogP contribution in [0.4, 0.5) is 13.2 Å². The van der Waals surface area contributed by atoms with Crippen molar-refractivity contribution in [3.8, 4) is 22.9 Å². The van der Waals surface area contributed by atoms with Crippen LogP contribution in [-0.2, 0) is 11.0 Å². The van der Waals surface area contributed by atoms with Crippen LogP contribution in [-0.4, -0.2) is 29.0 Å². The Morgan fingerprint density at radius 1 is 1.16 bits per heavy atom. The van der Waals surface area contributed by atoms with Gasteiger partial charge in [-0.3, -0.25) is 9.59 Å². The third kappa shape index (κ3) is 5.37. The molecule has 190 valence electrons. The van der Waals surface area contributed by atoms with E-state index in [4.69, 9.17) is 21.1 Å². The van der Waals surface area contributed by atoms with Crippen molar-refractivity contribution in [2.45, 2.75) is 13.1 Å². The second-order valence-electron chi connectivity index (χ2n) is 7.61. The highest BCUT2D eigenvalue weighted by atomic mass is 79.9. The smallest absolute Gasteiger partial charge is 0.416 e. The number of hydrogen-bond donors (Lipinski definition) is 0. The zero-order chi connectivity index (χ0) is 26.9. The summed E-state index contributed by atoms with van der Waals surface area (Å²) in [6.07, 6.45) is -3.34. The van der Waals surface area contributed by atoms with E-state index in [2.05, 4.69) is 26.0 Å². The van der Waals surface area contributed by atoms with Gasteiger partial charge >= 0.3 is 12.1 Å². The summed E-state index contributed by atoms with van der Waals surface area (Å²) in [5, 5.41) is 4.48. The molecule has 0 radical (unpaired) electrons. The minimum Gasteiger partial charge on any atom is -0.493 e. The number of alkyl halides is 3. The number of halogens is 5. The number of ether oxygens (including phenoxy) is 2. The van der Waals surface area contributed by atoms with E-state index in [0.29, 0.717) is 11.1 Å². The number of hydrogen-bond acceptors (Lipinski definition) is 6. The Balaban J connectivity index is 1.93. The Hall–Kier alpha value is -3.70. The van der Waals surface area contributed by atoms with E-state index in [9.17, 15) is 22.8 Å². The summed E-state index contributed by atoms with van der Waals surface area (Å²) < 4.78 is 51.7. The van der Waals surface area contributed by atoms with E-state index in [1.807, 2.05) is 0 Å². The van der Waals surface area contributed by atoms with Gasteiger partial charge in [-0.05, 0) is 46.3 Å². The van der Waals surface area contributed by atoms with Gasteiger partial charge in [-0.1, -0.05) is 35.9 Å². The molecule has 0 fully saturated rings. The third-order valence-corrected chi connectivity index (χ3v) is 6.58. The minimum absolute atomic E-state index is 0.0121. The van der Waals surface area contributed by atoms with Crippen LogP contribution in [0.1, 0.15) is 18.1 Å². The van der Waals surface area contributed by atoms with Crippen molar-refractivity contribution in [1.29, 1.82) is 0 Å². The second-order valence-corrected chi connectivity index (χ2v) is 8.78. The topological polar surface area (TPSA) is 82.8 Å². The Morgan fingerprint density at radius 2 is 1.89 bits per heavy atom. The lowest BCUT2D eigenvalue weighted by molar-refractivity contribution is -0.137. The fourth-order valence-electron chi connectivity index (χ4n) is 3.46. The standard InChI is InChI=1S/C25H16BrClF3N3O4/c1-13(34)37-22-19(36-2)11-15(20(26)21(22)27)12-31-33-23(14-6-5-7-16(10-14)25(28,29)30)32-18-9-4-3-8-17(18)24(33)35/h3-12H,1-2H3. The lowest BCUT2D eigenvalue weighted by Crippen LogP contribution is -2.20. The van der Waals surface area contributed by atoms with Crippen molar-refractivity contribution in [1.82, 2.24) is 9.66 Å².